The van der Waals surface area contributed by atoms with E-state index in [0.717, 1.165) is 4.47 Å². The summed E-state index contributed by atoms with van der Waals surface area (Å²) in [6.07, 6.45) is -6.05. The van der Waals surface area contributed by atoms with Crippen molar-refractivity contribution in [2.45, 2.75) is 25.9 Å². The third-order valence-electron chi connectivity index (χ3n) is 1.92. The second-order valence-electron chi connectivity index (χ2n) is 3.43. The van der Waals surface area contributed by atoms with Gasteiger partial charge in [0.2, 0.25) is 5.91 Å². The molecule has 1 amide bonds. The quantitative estimate of drug-likeness (QED) is 0.929. The summed E-state index contributed by atoms with van der Waals surface area (Å²) in [6, 6.07) is 3.18. The van der Waals surface area contributed by atoms with Crippen LogP contribution in [0.4, 0.5) is 19.0 Å². The summed E-state index contributed by atoms with van der Waals surface area (Å²) in [5, 5.41) is 2.31. The molecule has 1 aromatic heterocycles. The van der Waals surface area contributed by atoms with Crippen molar-refractivity contribution in [3.8, 4) is 0 Å². The van der Waals surface area contributed by atoms with Crippen molar-refractivity contribution in [1.29, 1.82) is 0 Å². The number of nitrogens with zero attached hydrogens (tertiary/aromatic N) is 1. The number of hydrogen-bond donors (Lipinski definition) is 1. The van der Waals surface area contributed by atoms with Crippen LogP contribution in [0.3, 0.4) is 0 Å². The molecule has 3 nitrogen and oxygen atoms in total. The van der Waals surface area contributed by atoms with Crippen molar-refractivity contribution in [2.75, 3.05) is 5.32 Å². The number of amides is 1. The van der Waals surface area contributed by atoms with Gasteiger partial charge in [-0.1, -0.05) is 0 Å². The predicted molar refractivity (Wildman–Crippen MR) is 60.6 cm³/mol. The van der Waals surface area contributed by atoms with Gasteiger partial charge in [0.25, 0.3) is 0 Å². The minimum absolute atomic E-state index is 0.248. The van der Waals surface area contributed by atoms with Gasteiger partial charge in [0.05, 0.1) is 12.1 Å². The van der Waals surface area contributed by atoms with E-state index in [1.54, 1.807) is 13.0 Å². The fourth-order valence-corrected chi connectivity index (χ4v) is 1.30. The maximum atomic E-state index is 11.9. The lowest BCUT2D eigenvalue weighted by atomic mass is 10.3. The van der Waals surface area contributed by atoms with Crippen LogP contribution in [-0.4, -0.2) is 17.1 Å². The first-order chi connectivity index (χ1) is 7.78. The minimum atomic E-state index is -4.32. The van der Waals surface area contributed by atoms with E-state index in [1.165, 1.54) is 6.07 Å². The van der Waals surface area contributed by atoms with E-state index < -0.39 is 24.9 Å². The highest BCUT2D eigenvalue weighted by Gasteiger charge is 2.27. The molecule has 0 spiro atoms. The SMILES string of the molecule is Cc1nc(NC(=O)CCC(F)(F)F)ccc1Br. The molecule has 0 aromatic carbocycles. The number of hydrogen-bond acceptors (Lipinski definition) is 2. The van der Waals surface area contributed by atoms with Crippen molar-refractivity contribution in [3.05, 3.63) is 22.3 Å². The zero-order valence-electron chi connectivity index (χ0n) is 8.94. The van der Waals surface area contributed by atoms with Crippen LogP contribution in [0.1, 0.15) is 18.5 Å². The summed E-state index contributed by atoms with van der Waals surface area (Å²) in [4.78, 5) is 15.2. The Labute approximate surface area is 105 Å². The van der Waals surface area contributed by atoms with Crippen LogP contribution in [-0.2, 0) is 4.79 Å². The molecule has 1 N–H and O–H groups in total. The Bertz CT molecular complexity index is 421. The molecule has 1 aromatic rings. The molecule has 0 radical (unpaired) electrons. The first kappa shape index (κ1) is 14.0. The summed E-state index contributed by atoms with van der Waals surface area (Å²) < 4.78 is 36.4. The lowest BCUT2D eigenvalue weighted by Gasteiger charge is -2.07. The number of rotatable bonds is 3. The minimum Gasteiger partial charge on any atom is -0.311 e. The molecule has 94 valence electrons. The second-order valence-corrected chi connectivity index (χ2v) is 4.28. The van der Waals surface area contributed by atoms with Gasteiger partial charge in [-0.05, 0) is 35.0 Å². The van der Waals surface area contributed by atoms with Crippen LogP contribution in [0, 0.1) is 6.92 Å². The Morgan fingerprint density at radius 1 is 1.47 bits per heavy atom. The van der Waals surface area contributed by atoms with Crippen molar-refractivity contribution in [1.82, 2.24) is 4.98 Å². The average molecular weight is 311 g/mol. The van der Waals surface area contributed by atoms with Crippen LogP contribution >= 0.6 is 15.9 Å². The van der Waals surface area contributed by atoms with Crippen LogP contribution in [0.5, 0.6) is 0 Å². The molecular formula is C10H10BrF3N2O. The van der Waals surface area contributed by atoms with Crippen LogP contribution in [0.15, 0.2) is 16.6 Å². The summed E-state index contributed by atoms with van der Waals surface area (Å²) >= 11 is 3.23. The van der Waals surface area contributed by atoms with E-state index in [1.807, 2.05) is 0 Å². The Morgan fingerprint density at radius 2 is 2.12 bits per heavy atom. The highest BCUT2D eigenvalue weighted by atomic mass is 79.9. The van der Waals surface area contributed by atoms with Crippen LogP contribution in [0.25, 0.3) is 0 Å². The standard InChI is InChI=1S/C10H10BrF3N2O/c1-6-7(11)2-3-8(15-6)16-9(17)4-5-10(12,13)14/h2-3H,4-5H2,1H3,(H,15,16,17). The molecule has 0 aliphatic carbocycles. The van der Waals surface area contributed by atoms with Crippen LogP contribution < -0.4 is 5.32 Å². The molecule has 0 saturated heterocycles. The number of carbonyl (C=O) groups is 1. The number of anilines is 1. The van der Waals surface area contributed by atoms with E-state index in [9.17, 15) is 18.0 Å². The zero-order valence-corrected chi connectivity index (χ0v) is 10.5. The van der Waals surface area contributed by atoms with Crippen molar-refractivity contribution < 1.29 is 18.0 Å². The molecule has 0 aliphatic heterocycles. The Kier molecular flexibility index (Phi) is 4.50. The van der Waals surface area contributed by atoms with Gasteiger partial charge >= 0.3 is 6.18 Å². The molecule has 0 aliphatic rings. The van der Waals surface area contributed by atoms with Crippen molar-refractivity contribution in [3.63, 3.8) is 0 Å². The third-order valence-corrected chi connectivity index (χ3v) is 2.76. The monoisotopic (exact) mass is 310 g/mol. The lowest BCUT2D eigenvalue weighted by molar-refractivity contribution is -0.142. The van der Waals surface area contributed by atoms with Gasteiger partial charge < -0.3 is 5.32 Å². The summed E-state index contributed by atoms with van der Waals surface area (Å²) in [5.74, 6) is -0.450. The number of alkyl halides is 3. The van der Waals surface area contributed by atoms with E-state index in [0.29, 0.717) is 5.69 Å². The normalized spacial score (nSPS) is 11.4. The van der Waals surface area contributed by atoms with Gasteiger partial charge in [-0.25, -0.2) is 4.98 Å². The molecule has 0 unspecified atom stereocenters. The molecule has 0 bridgehead atoms. The number of nitrogens with one attached hydrogen (secondary N) is 1. The predicted octanol–water partition coefficient (Wildman–Crippen LogP) is 3.43. The van der Waals surface area contributed by atoms with Crippen molar-refractivity contribution in [2.24, 2.45) is 0 Å². The van der Waals surface area contributed by atoms with Gasteiger partial charge in [0, 0.05) is 10.9 Å². The average Bonchev–Trinajstić information content (AvgIpc) is 2.20. The van der Waals surface area contributed by atoms with Crippen LogP contribution in [0.2, 0.25) is 0 Å². The first-order valence-corrected chi connectivity index (χ1v) is 5.57. The summed E-state index contributed by atoms with van der Waals surface area (Å²) in [7, 11) is 0. The summed E-state index contributed by atoms with van der Waals surface area (Å²) in [6.45, 7) is 1.72. The molecule has 7 heteroatoms. The second kappa shape index (κ2) is 5.48. The van der Waals surface area contributed by atoms with Gasteiger partial charge in [-0.2, -0.15) is 13.2 Å². The largest absolute Gasteiger partial charge is 0.389 e. The number of aryl methyl sites for hydroxylation is 1. The van der Waals surface area contributed by atoms with Gasteiger partial charge in [-0.3, -0.25) is 4.79 Å². The first-order valence-electron chi connectivity index (χ1n) is 4.78. The number of pyridine rings is 1. The number of halogens is 4. The number of carbonyl (C=O) groups excluding carboxylic acids is 1. The Balaban J connectivity index is 2.54. The summed E-state index contributed by atoms with van der Waals surface area (Å²) in [5.41, 5.74) is 0.652. The molecular weight excluding hydrogens is 301 g/mol. The smallest absolute Gasteiger partial charge is 0.311 e. The third kappa shape index (κ3) is 5.16. The lowest BCUT2D eigenvalue weighted by Crippen LogP contribution is -2.17. The molecule has 0 atom stereocenters. The van der Waals surface area contributed by atoms with Gasteiger partial charge in [0.15, 0.2) is 0 Å². The molecule has 17 heavy (non-hydrogen) atoms. The maximum Gasteiger partial charge on any atom is 0.389 e. The van der Waals surface area contributed by atoms with E-state index in [4.69, 9.17) is 0 Å². The number of aromatic nitrogens is 1. The molecule has 0 fully saturated rings. The zero-order chi connectivity index (χ0) is 13.1. The van der Waals surface area contributed by atoms with Gasteiger partial charge in [0.1, 0.15) is 5.82 Å². The van der Waals surface area contributed by atoms with Gasteiger partial charge in [-0.15, -0.1) is 0 Å². The topological polar surface area (TPSA) is 42.0 Å². The molecule has 1 heterocycles. The molecule has 1 rings (SSSR count). The fraction of sp³-hybridized carbons (Fsp3) is 0.400. The highest BCUT2D eigenvalue weighted by molar-refractivity contribution is 9.10. The molecule has 0 saturated carbocycles. The van der Waals surface area contributed by atoms with E-state index >= 15 is 0 Å². The highest BCUT2D eigenvalue weighted by Crippen LogP contribution is 2.22. The van der Waals surface area contributed by atoms with E-state index in [-0.39, 0.29) is 5.82 Å². The Morgan fingerprint density at radius 3 is 2.65 bits per heavy atom. The Hall–Kier alpha value is -1.11. The van der Waals surface area contributed by atoms with Crippen molar-refractivity contribution >= 4 is 27.7 Å². The maximum absolute atomic E-state index is 11.9. The fourth-order valence-electron chi connectivity index (χ4n) is 1.07. The van der Waals surface area contributed by atoms with E-state index in [2.05, 4.69) is 26.2 Å².